The van der Waals surface area contributed by atoms with Crippen molar-refractivity contribution in [2.45, 2.75) is 77.6 Å². The van der Waals surface area contributed by atoms with Gasteiger partial charge in [0.15, 0.2) is 0 Å². The molecule has 1 aliphatic rings. The first kappa shape index (κ1) is 21.6. The molecule has 3 rings (SSSR count). The summed E-state index contributed by atoms with van der Waals surface area (Å²) in [7, 11) is -1.99. The molecule has 1 aliphatic heterocycles. The van der Waals surface area contributed by atoms with Gasteiger partial charge >= 0.3 is 0 Å². The van der Waals surface area contributed by atoms with Gasteiger partial charge in [-0.2, -0.15) is 0 Å². The maximum Gasteiger partial charge on any atom is 0.258 e. The highest BCUT2D eigenvalue weighted by Gasteiger charge is 2.47. The Morgan fingerprint density at radius 1 is 0.966 bits per heavy atom. The molecule has 0 radical (unpaired) electrons. The molecular formula is C25H35NO2Si. The molecule has 29 heavy (non-hydrogen) atoms. The Hall–Kier alpha value is -2.07. The van der Waals surface area contributed by atoms with Crippen molar-refractivity contribution in [3.63, 3.8) is 0 Å². The van der Waals surface area contributed by atoms with Crippen molar-refractivity contribution in [2.75, 3.05) is 0 Å². The zero-order valence-corrected chi connectivity index (χ0v) is 20.1. The van der Waals surface area contributed by atoms with Crippen molar-refractivity contribution in [3.05, 3.63) is 53.9 Å². The van der Waals surface area contributed by atoms with Gasteiger partial charge in [-0.05, 0) is 60.3 Å². The van der Waals surface area contributed by atoms with E-state index in [9.17, 15) is 0 Å². The van der Waals surface area contributed by atoms with Crippen LogP contribution in [-0.2, 0) is 0 Å². The molecule has 0 N–H and O–H groups in total. The van der Waals surface area contributed by atoms with Gasteiger partial charge in [0.25, 0.3) is 8.32 Å². The number of hydrogen-bond acceptors (Lipinski definition) is 3. The number of fused-ring (bicyclic) bond motifs is 1. The fraction of sp³-hybridized carbons (Fsp3) is 0.480. The van der Waals surface area contributed by atoms with E-state index in [0.29, 0.717) is 16.6 Å². The van der Waals surface area contributed by atoms with Gasteiger partial charge in [0.2, 0.25) is 0 Å². The molecule has 0 aliphatic carbocycles. The summed E-state index contributed by atoms with van der Waals surface area (Å²) in [6.07, 6.45) is 5.91. The van der Waals surface area contributed by atoms with E-state index < -0.39 is 13.9 Å². The number of aromatic nitrogens is 1. The fourth-order valence-electron chi connectivity index (χ4n) is 4.96. The van der Waals surface area contributed by atoms with E-state index in [-0.39, 0.29) is 0 Å². The molecule has 0 unspecified atom stereocenters. The van der Waals surface area contributed by atoms with Crippen LogP contribution in [0.2, 0.25) is 16.6 Å². The second-order valence-electron chi connectivity index (χ2n) is 9.53. The largest absolute Gasteiger partial charge is 0.543 e. The highest BCUT2D eigenvalue weighted by Crippen LogP contribution is 2.45. The van der Waals surface area contributed by atoms with Gasteiger partial charge in [0.05, 0.1) is 0 Å². The lowest BCUT2D eigenvalue weighted by Crippen LogP contribution is -2.50. The third-order valence-corrected chi connectivity index (χ3v) is 12.3. The molecule has 1 aromatic heterocycles. The van der Waals surface area contributed by atoms with Crippen molar-refractivity contribution < 1.29 is 9.16 Å². The summed E-state index contributed by atoms with van der Waals surface area (Å²) in [6.45, 7) is 18.1. The minimum absolute atomic E-state index is 0.433. The van der Waals surface area contributed by atoms with Crippen LogP contribution < -0.4 is 9.16 Å². The summed E-state index contributed by atoms with van der Waals surface area (Å²) in [6, 6.07) is 10.4. The standard InChI is InChI=1S/C25H35NO2Si/c1-17(2)29(18(3)4,19(5)6)28-22-12-11-20-14-23(21-10-9-13-26-16-21)25(7,8)27-24(20)15-22/h9-19H,1-8H3. The Balaban J connectivity index is 2.00. The number of rotatable bonds is 6. The van der Waals surface area contributed by atoms with E-state index in [1.807, 2.05) is 12.3 Å². The smallest absolute Gasteiger partial charge is 0.258 e. The summed E-state index contributed by atoms with van der Waals surface area (Å²) in [5.41, 5.74) is 4.49. The zero-order chi connectivity index (χ0) is 21.4. The molecule has 0 spiro atoms. The predicted octanol–water partition coefficient (Wildman–Crippen LogP) is 7.35. The SMILES string of the molecule is CC(C)[Si](Oc1ccc2c(c1)OC(C)(C)C(c1cccnc1)=C2)(C(C)C)C(C)C. The van der Waals surface area contributed by atoms with E-state index >= 15 is 0 Å². The minimum Gasteiger partial charge on any atom is -0.543 e. The van der Waals surface area contributed by atoms with Gasteiger partial charge in [-0.3, -0.25) is 4.98 Å². The Labute approximate surface area is 177 Å². The quantitative estimate of drug-likeness (QED) is 0.467. The maximum atomic E-state index is 6.86. The normalized spacial score (nSPS) is 15.9. The van der Waals surface area contributed by atoms with Crippen LogP contribution in [0.3, 0.4) is 0 Å². The van der Waals surface area contributed by atoms with Crippen molar-refractivity contribution in [2.24, 2.45) is 0 Å². The second kappa shape index (κ2) is 7.98. The van der Waals surface area contributed by atoms with Gasteiger partial charge in [0.1, 0.15) is 17.1 Å². The molecule has 0 amide bonds. The van der Waals surface area contributed by atoms with Gasteiger partial charge in [-0.25, -0.2) is 0 Å². The number of benzene rings is 1. The van der Waals surface area contributed by atoms with E-state index in [1.165, 1.54) is 0 Å². The van der Waals surface area contributed by atoms with Crippen LogP contribution in [0, 0.1) is 0 Å². The summed E-state index contributed by atoms with van der Waals surface area (Å²) >= 11 is 0. The third kappa shape index (κ3) is 4.00. The highest BCUT2D eigenvalue weighted by atomic mass is 28.4. The van der Waals surface area contributed by atoms with Crippen LogP contribution in [0.25, 0.3) is 11.6 Å². The highest BCUT2D eigenvalue weighted by molar-refractivity contribution is 6.78. The van der Waals surface area contributed by atoms with Crippen molar-refractivity contribution in [1.82, 2.24) is 4.98 Å². The van der Waals surface area contributed by atoms with Crippen LogP contribution in [0.5, 0.6) is 11.5 Å². The van der Waals surface area contributed by atoms with Gasteiger partial charge < -0.3 is 9.16 Å². The predicted molar refractivity (Wildman–Crippen MR) is 125 cm³/mol. The molecule has 0 saturated carbocycles. The van der Waals surface area contributed by atoms with Crippen LogP contribution in [-0.4, -0.2) is 18.9 Å². The molecule has 4 heteroatoms. The monoisotopic (exact) mass is 409 g/mol. The summed E-state index contributed by atoms with van der Waals surface area (Å²) in [5, 5.41) is 0. The van der Waals surface area contributed by atoms with Crippen LogP contribution in [0.15, 0.2) is 42.7 Å². The molecule has 0 bridgehead atoms. The van der Waals surface area contributed by atoms with Crippen LogP contribution >= 0.6 is 0 Å². The molecule has 0 fully saturated rings. The molecular weight excluding hydrogens is 374 g/mol. The van der Waals surface area contributed by atoms with Crippen molar-refractivity contribution in [3.8, 4) is 11.5 Å². The summed E-state index contributed by atoms with van der Waals surface area (Å²) < 4.78 is 13.3. The Morgan fingerprint density at radius 3 is 2.17 bits per heavy atom. The summed E-state index contributed by atoms with van der Waals surface area (Å²) in [4.78, 5) is 4.27. The first-order valence-electron chi connectivity index (χ1n) is 10.7. The number of ether oxygens (including phenoxy) is 1. The van der Waals surface area contributed by atoms with Crippen LogP contribution in [0.4, 0.5) is 0 Å². The van der Waals surface area contributed by atoms with Crippen LogP contribution in [0.1, 0.15) is 66.5 Å². The average molecular weight is 410 g/mol. The molecule has 1 aromatic carbocycles. The van der Waals surface area contributed by atoms with Gasteiger partial charge in [-0.1, -0.05) is 47.6 Å². The topological polar surface area (TPSA) is 31.4 Å². The number of hydrogen-bond donors (Lipinski definition) is 0. The van der Waals surface area contributed by atoms with Crippen molar-refractivity contribution >= 4 is 20.0 Å². The molecule has 0 saturated heterocycles. The second-order valence-corrected chi connectivity index (χ2v) is 14.9. The van der Waals surface area contributed by atoms with Gasteiger partial charge in [0, 0.05) is 29.6 Å². The summed E-state index contributed by atoms with van der Waals surface area (Å²) in [5.74, 6) is 1.82. The lowest BCUT2D eigenvalue weighted by Gasteiger charge is -2.42. The number of nitrogens with zero attached hydrogens (tertiary/aromatic N) is 1. The fourth-order valence-corrected chi connectivity index (χ4v) is 10.2. The Kier molecular flexibility index (Phi) is 5.95. The molecule has 156 valence electrons. The molecule has 2 aromatic rings. The van der Waals surface area contributed by atoms with Crippen molar-refractivity contribution in [1.29, 1.82) is 0 Å². The number of pyridine rings is 1. The molecule has 2 heterocycles. The van der Waals surface area contributed by atoms with Gasteiger partial charge in [-0.15, -0.1) is 0 Å². The lowest BCUT2D eigenvalue weighted by atomic mass is 9.88. The molecule has 3 nitrogen and oxygen atoms in total. The van der Waals surface area contributed by atoms with E-state index in [2.05, 4.69) is 90.7 Å². The van der Waals surface area contributed by atoms with E-state index in [0.717, 1.165) is 28.2 Å². The third-order valence-electron chi connectivity index (χ3n) is 6.27. The lowest BCUT2D eigenvalue weighted by molar-refractivity contribution is 0.169. The average Bonchev–Trinajstić information content (AvgIpc) is 2.64. The van der Waals surface area contributed by atoms with E-state index in [4.69, 9.17) is 9.16 Å². The zero-order valence-electron chi connectivity index (χ0n) is 19.1. The Morgan fingerprint density at radius 2 is 1.62 bits per heavy atom. The first-order chi connectivity index (χ1) is 13.6. The maximum absolute atomic E-state index is 6.86. The Bertz CT molecular complexity index is 863. The molecule has 0 atom stereocenters. The minimum atomic E-state index is -1.99. The first-order valence-corrected chi connectivity index (χ1v) is 12.9. The van der Waals surface area contributed by atoms with E-state index in [1.54, 1.807) is 6.20 Å².